The molecule has 1 fully saturated rings. The molecule has 1 heteroatoms. The van der Waals surface area contributed by atoms with Gasteiger partial charge in [0, 0.05) is 5.56 Å². The summed E-state index contributed by atoms with van der Waals surface area (Å²) in [5.74, 6) is 4.34. The highest BCUT2D eigenvalue weighted by Gasteiger charge is 2.22. The fourth-order valence-corrected chi connectivity index (χ4v) is 1.34. The molecular weight excluding hydrogens is 172 g/mol. The topological polar surface area (TPSA) is 9.23 Å². The van der Waals surface area contributed by atoms with Gasteiger partial charge >= 0.3 is 0 Å². The molecule has 0 saturated heterocycles. The molecule has 1 aliphatic carbocycles. The highest BCUT2D eigenvalue weighted by molar-refractivity contribution is 5.43. The van der Waals surface area contributed by atoms with Crippen molar-refractivity contribution in [2.24, 2.45) is 5.92 Å². The lowest BCUT2D eigenvalue weighted by Crippen LogP contribution is -2.00. The second-order valence-corrected chi connectivity index (χ2v) is 3.88. The number of hydrogen-bond donors (Lipinski definition) is 0. The Morgan fingerprint density at radius 1 is 1.50 bits per heavy atom. The Bertz CT molecular complexity index is 369. The van der Waals surface area contributed by atoms with Crippen LogP contribution >= 0.6 is 0 Å². The van der Waals surface area contributed by atoms with Crippen molar-refractivity contribution in [3.63, 3.8) is 0 Å². The molecule has 0 amide bonds. The van der Waals surface area contributed by atoms with Gasteiger partial charge in [-0.1, -0.05) is 12.0 Å². The van der Waals surface area contributed by atoms with E-state index in [1.54, 1.807) is 0 Å². The Labute approximate surface area is 85.1 Å². The van der Waals surface area contributed by atoms with Gasteiger partial charge in [-0.2, -0.15) is 0 Å². The fourth-order valence-electron chi connectivity index (χ4n) is 1.34. The van der Waals surface area contributed by atoms with Crippen LogP contribution < -0.4 is 4.74 Å². The lowest BCUT2D eigenvalue weighted by atomic mass is 10.1. The lowest BCUT2D eigenvalue weighted by Gasteiger charge is -2.08. The van der Waals surface area contributed by atoms with Crippen LogP contribution in [-0.2, 0) is 0 Å². The van der Waals surface area contributed by atoms with Crippen molar-refractivity contribution in [3.8, 4) is 18.1 Å². The molecule has 72 valence electrons. The minimum atomic E-state index is 0.781. The van der Waals surface area contributed by atoms with Crippen LogP contribution in [0.3, 0.4) is 0 Å². The van der Waals surface area contributed by atoms with E-state index in [0.717, 1.165) is 29.4 Å². The van der Waals surface area contributed by atoms with Crippen molar-refractivity contribution in [2.45, 2.75) is 19.8 Å². The van der Waals surface area contributed by atoms with E-state index in [2.05, 4.69) is 5.92 Å². The second-order valence-electron chi connectivity index (χ2n) is 3.88. The zero-order chi connectivity index (χ0) is 9.97. The van der Waals surface area contributed by atoms with E-state index in [1.807, 2.05) is 25.1 Å². The van der Waals surface area contributed by atoms with Gasteiger partial charge in [-0.15, -0.1) is 6.42 Å². The maximum Gasteiger partial charge on any atom is 0.123 e. The van der Waals surface area contributed by atoms with Gasteiger partial charge in [-0.25, -0.2) is 0 Å². The van der Waals surface area contributed by atoms with Crippen molar-refractivity contribution in [2.75, 3.05) is 6.61 Å². The standard InChI is InChI=1S/C13H14O/c1-3-11-5-4-10(2)13(8-11)14-9-12-6-7-12/h1,4-5,8,12H,6-7,9H2,2H3. The average Bonchev–Trinajstić information content (AvgIpc) is 3.00. The molecule has 0 atom stereocenters. The van der Waals surface area contributed by atoms with Gasteiger partial charge < -0.3 is 4.74 Å². The van der Waals surface area contributed by atoms with Crippen molar-refractivity contribution in [1.29, 1.82) is 0 Å². The van der Waals surface area contributed by atoms with Gasteiger partial charge in [-0.05, 0) is 43.4 Å². The van der Waals surface area contributed by atoms with Gasteiger partial charge in [0.25, 0.3) is 0 Å². The first-order valence-electron chi connectivity index (χ1n) is 4.99. The monoisotopic (exact) mass is 186 g/mol. The summed E-state index contributed by atoms with van der Waals surface area (Å²) in [6.07, 6.45) is 7.96. The molecule has 1 nitrogen and oxygen atoms in total. The Morgan fingerprint density at radius 3 is 2.93 bits per heavy atom. The van der Waals surface area contributed by atoms with Gasteiger partial charge in [0.05, 0.1) is 6.61 Å². The van der Waals surface area contributed by atoms with Crippen molar-refractivity contribution < 1.29 is 4.74 Å². The largest absolute Gasteiger partial charge is 0.493 e. The lowest BCUT2D eigenvalue weighted by molar-refractivity contribution is 0.298. The molecule has 1 aromatic carbocycles. The molecule has 0 heterocycles. The molecule has 2 rings (SSSR count). The predicted molar refractivity (Wildman–Crippen MR) is 57.3 cm³/mol. The van der Waals surface area contributed by atoms with E-state index in [1.165, 1.54) is 12.8 Å². The van der Waals surface area contributed by atoms with Crippen molar-refractivity contribution in [3.05, 3.63) is 29.3 Å². The van der Waals surface area contributed by atoms with Crippen molar-refractivity contribution in [1.82, 2.24) is 0 Å². The molecule has 0 bridgehead atoms. The predicted octanol–water partition coefficient (Wildman–Crippen LogP) is 2.77. The molecule has 0 aromatic heterocycles. The molecule has 0 unspecified atom stereocenters. The van der Waals surface area contributed by atoms with Gasteiger partial charge in [-0.3, -0.25) is 0 Å². The Kier molecular flexibility index (Phi) is 2.45. The van der Waals surface area contributed by atoms with Gasteiger partial charge in [0.2, 0.25) is 0 Å². The highest BCUT2D eigenvalue weighted by Crippen LogP contribution is 2.30. The summed E-state index contributed by atoms with van der Waals surface area (Å²) < 4.78 is 5.71. The molecule has 1 saturated carbocycles. The summed E-state index contributed by atoms with van der Waals surface area (Å²) in [5, 5.41) is 0. The van der Waals surface area contributed by atoms with E-state index >= 15 is 0 Å². The summed E-state index contributed by atoms with van der Waals surface area (Å²) in [6, 6.07) is 5.90. The first kappa shape index (κ1) is 9.15. The Balaban J connectivity index is 2.09. The minimum Gasteiger partial charge on any atom is -0.493 e. The average molecular weight is 186 g/mol. The summed E-state index contributed by atoms with van der Waals surface area (Å²) in [4.78, 5) is 0. The van der Waals surface area contributed by atoms with Crippen LogP contribution in [0.2, 0.25) is 0 Å². The summed E-state index contributed by atoms with van der Waals surface area (Å²) in [7, 11) is 0. The van der Waals surface area contributed by atoms with E-state index in [-0.39, 0.29) is 0 Å². The normalized spacial score (nSPS) is 14.9. The van der Waals surface area contributed by atoms with Crippen LogP contribution in [0.1, 0.15) is 24.0 Å². The Hall–Kier alpha value is -1.42. The third kappa shape index (κ3) is 2.09. The van der Waals surface area contributed by atoms with Crippen LogP contribution in [0.15, 0.2) is 18.2 Å². The first-order chi connectivity index (χ1) is 6.79. The van der Waals surface area contributed by atoms with E-state index in [0.29, 0.717) is 0 Å². The number of hydrogen-bond acceptors (Lipinski definition) is 1. The smallest absolute Gasteiger partial charge is 0.123 e. The maximum absolute atomic E-state index is 5.71. The third-order valence-corrected chi connectivity index (χ3v) is 2.53. The number of benzene rings is 1. The zero-order valence-electron chi connectivity index (χ0n) is 8.42. The van der Waals surface area contributed by atoms with E-state index in [9.17, 15) is 0 Å². The zero-order valence-corrected chi connectivity index (χ0v) is 8.42. The number of terminal acetylenes is 1. The quantitative estimate of drug-likeness (QED) is 0.659. The van der Waals surface area contributed by atoms with Crippen LogP contribution in [-0.4, -0.2) is 6.61 Å². The van der Waals surface area contributed by atoms with Crippen LogP contribution in [0, 0.1) is 25.2 Å². The van der Waals surface area contributed by atoms with E-state index in [4.69, 9.17) is 11.2 Å². The molecule has 1 aliphatic rings. The van der Waals surface area contributed by atoms with Crippen LogP contribution in [0.25, 0.3) is 0 Å². The summed E-state index contributed by atoms with van der Waals surface area (Å²) >= 11 is 0. The molecule has 0 N–H and O–H groups in total. The highest BCUT2D eigenvalue weighted by atomic mass is 16.5. The fraction of sp³-hybridized carbons (Fsp3) is 0.385. The minimum absolute atomic E-state index is 0.781. The SMILES string of the molecule is C#Cc1ccc(C)c(OCC2CC2)c1. The van der Waals surface area contributed by atoms with E-state index < -0.39 is 0 Å². The first-order valence-corrected chi connectivity index (χ1v) is 4.99. The molecule has 14 heavy (non-hydrogen) atoms. The van der Waals surface area contributed by atoms with Crippen LogP contribution in [0.5, 0.6) is 5.75 Å². The number of rotatable bonds is 3. The molecule has 0 radical (unpaired) electrons. The van der Waals surface area contributed by atoms with Gasteiger partial charge in [0.15, 0.2) is 0 Å². The number of aryl methyl sites for hydroxylation is 1. The summed E-state index contributed by atoms with van der Waals surface area (Å²) in [5.41, 5.74) is 2.05. The molecule has 0 aliphatic heterocycles. The third-order valence-electron chi connectivity index (χ3n) is 2.53. The number of ether oxygens (including phenoxy) is 1. The molecular formula is C13H14O. The Morgan fingerprint density at radius 2 is 2.29 bits per heavy atom. The van der Waals surface area contributed by atoms with Crippen molar-refractivity contribution >= 4 is 0 Å². The second kappa shape index (κ2) is 3.75. The molecule has 0 spiro atoms. The van der Waals surface area contributed by atoms with Gasteiger partial charge in [0.1, 0.15) is 5.75 Å². The maximum atomic E-state index is 5.71. The summed E-state index contributed by atoms with van der Waals surface area (Å²) in [6.45, 7) is 2.89. The molecule has 1 aromatic rings. The van der Waals surface area contributed by atoms with Crippen LogP contribution in [0.4, 0.5) is 0 Å².